The molecule has 0 atom stereocenters. The second-order valence-corrected chi connectivity index (χ2v) is 11.4. The van der Waals surface area contributed by atoms with E-state index >= 15 is 0 Å². The van der Waals surface area contributed by atoms with Crippen molar-refractivity contribution in [2.24, 2.45) is 5.41 Å². The van der Waals surface area contributed by atoms with Gasteiger partial charge in [0.1, 0.15) is 37.6 Å². The van der Waals surface area contributed by atoms with Gasteiger partial charge < -0.3 is 23.7 Å². The lowest BCUT2D eigenvalue weighted by molar-refractivity contribution is -0.151. The van der Waals surface area contributed by atoms with Crippen LogP contribution in [0.3, 0.4) is 0 Å². The normalized spacial score (nSPS) is 13.6. The minimum absolute atomic E-state index is 0.00911. The molecule has 0 spiro atoms. The van der Waals surface area contributed by atoms with Crippen molar-refractivity contribution in [3.63, 3.8) is 0 Å². The number of hydrogen-bond donors (Lipinski definition) is 0. The molecular weight excluding hydrogens is 572 g/mol. The molecule has 1 aliphatic rings. The third-order valence-electron chi connectivity index (χ3n) is 7.56. The second kappa shape index (κ2) is 15.2. The Balaban J connectivity index is 1.36. The maximum absolute atomic E-state index is 11.9. The first kappa shape index (κ1) is 33.1. The van der Waals surface area contributed by atoms with Crippen LogP contribution in [0.25, 0.3) is 22.3 Å². The molecule has 1 fully saturated rings. The van der Waals surface area contributed by atoms with E-state index in [4.69, 9.17) is 23.7 Å². The predicted molar refractivity (Wildman–Crippen MR) is 172 cm³/mol. The molecule has 8 heteroatoms. The van der Waals surface area contributed by atoms with Crippen molar-refractivity contribution >= 4 is 18.1 Å². The number of rotatable bonds is 14. The second-order valence-electron chi connectivity index (χ2n) is 11.4. The van der Waals surface area contributed by atoms with E-state index in [1.165, 1.54) is 11.1 Å². The first-order valence-corrected chi connectivity index (χ1v) is 15.0. The monoisotopic (exact) mass is 612 g/mol. The van der Waals surface area contributed by atoms with Gasteiger partial charge >= 0.3 is 18.1 Å². The van der Waals surface area contributed by atoms with Gasteiger partial charge in [-0.2, -0.15) is 0 Å². The minimum Gasteiger partial charge on any atom is -0.493 e. The van der Waals surface area contributed by atoms with Crippen molar-refractivity contribution in [1.82, 2.24) is 0 Å². The highest BCUT2D eigenvalue weighted by atomic mass is 16.7. The molecule has 0 amide bonds. The molecule has 3 aromatic carbocycles. The molecule has 0 aromatic heterocycles. The largest absolute Gasteiger partial charge is 0.508 e. The molecule has 0 radical (unpaired) electrons. The van der Waals surface area contributed by atoms with Crippen LogP contribution in [0.4, 0.5) is 4.79 Å². The molecular formula is C37H40O8. The summed E-state index contributed by atoms with van der Waals surface area (Å²) in [7, 11) is 0. The minimum atomic E-state index is -0.831. The number of carbonyl (C=O) groups excluding carboxylic acids is 3. The Morgan fingerprint density at radius 3 is 1.87 bits per heavy atom. The Kier molecular flexibility index (Phi) is 11.2. The fourth-order valence-corrected chi connectivity index (χ4v) is 4.82. The number of ether oxygens (including phenoxy) is 5. The van der Waals surface area contributed by atoms with Crippen molar-refractivity contribution in [1.29, 1.82) is 0 Å². The van der Waals surface area contributed by atoms with Crippen LogP contribution in [0.1, 0.15) is 38.3 Å². The van der Waals surface area contributed by atoms with Crippen LogP contribution in [-0.2, 0) is 41.4 Å². The van der Waals surface area contributed by atoms with Gasteiger partial charge in [0, 0.05) is 11.1 Å². The smallest absolute Gasteiger partial charge is 0.493 e. The average Bonchev–Trinajstić information content (AvgIpc) is 3.06. The van der Waals surface area contributed by atoms with E-state index < -0.39 is 17.5 Å². The van der Waals surface area contributed by atoms with Gasteiger partial charge in [-0.1, -0.05) is 74.7 Å². The first-order valence-electron chi connectivity index (χ1n) is 15.0. The van der Waals surface area contributed by atoms with E-state index in [0.717, 1.165) is 41.5 Å². The van der Waals surface area contributed by atoms with Crippen LogP contribution in [0, 0.1) is 5.41 Å². The van der Waals surface area contributed by atoms with Crippen LogP contribution < -0.4 is 4.74 Å². The topological polar surface area (TPSA) is 97.4 Å². The van der Waals surface area contributed by atoms with Gasteiger partial charge in [0.2, 0.25) is 0 Å². The molecule has 4 rings (SSSR count). The van der Waals surface area contributed by atoms with E-state index in [-0.39, 0.29) is 38.0 Å². The fraction of sp³-hybridized carbons (Fsp3) is 0.324. The molecule has 8 nitrogen and oxygen atoms in total. The van der Waals surface area contributed by atoms with Gasteiger partial charge in [-0.25, -0.2) is 14.4 Å². The zero-order valence-electron chi connectivity index (χ0n) is 26.2. The number of aryl methyl sites for hydroxylation is 2. The van der Waals surface area contributed by atoms with Crippen LogP contribution >= 0.6 is 0 Å². The number of hydrogen-bond acceptors (Lipinski definition) is 8. The van der Waals surface area contributed by atoms with Gasteiger partial charge in [-0.05, 0) is 78.6 Å². The molecule has 0 saturated carbocycles. The standard InChI is InChI=1S/C37H40O8/c1-6-27-20-32(14-13-28(27)8-7-19-41-34(38)25(2)3)31-11-9-29(10-12-31)30-15-17-33(18-16-30)42-21-37(22-43-35(39)26(4)5)23-44-36(40)45-24-37/h9-18,20H,2,4,6-8,19,21-24H2,1,3,5H3. The maximum atomic E-state index is 11.9. The molecule has 0 unspecified atom stereocenters. The van der Waals surface area contributed by atoms with E-state index in [1.54, 1.807) is 13.8 Å². The number of carbonyl (C=O) groups is 3. The molecule has 1 saturated heterocycles. The summed E-state index contributed by atoms with van der Waals surface area (Å²) in [6.07, 6.45) is 1.77. The summed E-state index contributed by atoms with van der Waals surface area (Å²) in [4.78, 5) is 35.0. The zero-order valence-corrected chi connectivity index (χ0v) is 26.2. The Hall–Kier alpha value is -4.85. The van der Waals surface area contributed by atoms with Crippen LogP contribution in [-0.4, -0.2) is 51.1 Å². The third-order valence-corrected chi connectivity index (χ3v) is 7.56. The predicted octanol–water partition coefficient (Wildman–Crippen LogP) is 7.29. The summed E-state index contributed by atoms with van der Waals surface area (Å²) in [6.45, 7) is 13.1. The molecule has 1 aliphatic heterocycles. The van der Waals surface area contributed by atoms with Crippen molar-refractivity contribution in [3.05, 3.63) is 102 Å². The molecule has 1 heterocycles. The molecule has 0 N–H and O–H groups in total. The van der Waals surface area contributed by atoms with Crippen molar-refractivity contribution in [3.8, 4) is 28.0 Å². The number of esters is 2. The molecule has 0 aliphatic carbocycles. The number of cyclic esters (lactones) is 2. The van der Waals surface area contributed by atoms with E-state index in [9.17, 15) is 14.4 Å². The highest BCUT2D eigenvalue weighted by Crippen LogP contribution is 2.30. The SMILES string of the molecule is C=C(C)C(=O)OCCCc1ccc(-c2ccc(-c3ccc(OCC4(COC(=O)C(=C)C)COC(=O)OC4)cc3)cc2)cc1CC. The Morgan fingerprint density at radius 1 is 0.756 bits per heavy atom. The van der Waals surface area contributed by atoms with Crippen molar-refractivity contribution < 1.29 is 38.1 Å². The van der Waals surface area contributed by atoms with Crippen molar-refractivity contribution in [2.75, 3.05) is 33.0 Å². The highest BCUT2D eigenvalue weighted by Gasteiger charge is 2.40. The fourth-order valence-electron chi connectivity index (χ4n) is 4.82. The third kappa shape index (κ3) is 9.08. The van der Waals surface area contributed by atoms with E-state index in [1.807, 2.05) is 24.3 Å². The number of benzene rings is 3. The first-order chi connectivity index (χ1) is 21.6. The lowest BCUT2D eigenvalue weighted by atomic mass is 9.91. The highest BCUT2D eigenvalue weighted by molar-refractivity contribution is 5.87. The Morgan fingerprint density at radius 2 is 1.29 bits per heavy atom. The van der Waals surface area contributed by atoms with Crippen LogP contribution in [0.15, 0.2) is 91.0 Å². The molecule has 45 heavy (non-hydrogen) atoms. The van der Waals surface area contributed by atoms with Gasteiger partial charge in [0.15, 0.2) is 0 Å². The van der Waals surface area contributed by atoms with Gasteiger partial charge in [-0.15, -0.1) is 0 Å². The summed E-state index contributed by atoms with van der Waals surface area (Å²) in [5.41, 5.74) is 6.79. The quantitative estimate of drug-likeness (QED) is 0.0811. The van der Waals surface area contributed by atoms with Crippen molar-refractivity contribution in [2.45, 2.75) is 40.0 Å². The summed E-state index contributed by atoms with van der Waals surface area (Å²) in [6, 6.07) is 22.7. The molecule has 236 valence electrons. The summed E-state index contributed by atoms with van der Waals surface area (Å²) in [5, 5.41) is 0. The summed E-state index contributed by atoms with van der Waals surface area (Å²) in [5.74, 6) is -0.248. The van der Waals surface area contributed by atoms with E-state index in [2.05, 4.69) is 62.5 Å². The van der Waals surface area contributed by atoms with Crippen LogP contribution in [0.5, 0.6) is 5.75 Å². The van der Waals surface area contributed by atoms with Crippen LogP contribution in [0.2, 0.25) is 0 Å². The Labute approximate surface area is 264 Å². The Bertz CT molecular complexity index is 1530. The molecule has 0 bridgehead atoms. The lowest BCUT2D eigenvalue weighted by Gasteiger charge is -2.34. The zero-order chi connectivity index (χ0) is 32.4. The molecule has 3 aromatic rings. The summed E-state index contributed by atoms with van der Waals surface area (Å²) >= 11 is 0. The lowest BCUT2D eigenvalue weighted by Crippen LogP contribution is -2.47. The van der Waals surface area contributed by atoms with Gasteiger partial charge in [0.05, 0.1) is 6.61 Å². The van der Waals surface area contributed by atoms with Gasteiger partial charge in [0.25, 0.3) is 0 Å². The van der Waals surface area contributed by atoms with E-state index in [0.29, 0.717) is 17.9 Å². The summed E-state index contributed by atoms with van der Waals surface area (Å²) < 4.78 is 26.7. The maximum Gasteiger partial charge on any atom is 0.508 e. The van der Waals surface area contributed by atoms with Gasteiger partial charge in [-0.3, -0.25) is 0 Å². The average molecular weight is 613 g/mol.